The van der Waals surface area contributed by atoms with E-state index in [0.29, 0.717) is 24.3 Å². The van der Waals surface area contributed by atoms with Crippen molar-refractivity contribution >= 4 is 27.4 Å². The van der Waals surface area contributed by atoms with Gasteiger partial charge in [0.1, 0.15) is 40.7 Å². The third-order valence-corrected chi connectivity index (χ3v) is 8.25. The van der Waals surface area contributed by atoms with Crippen molar-refractivity contribution < 1.29 is 39.9 Å². The molecule has 0 aliphatic heterocycles. The highest BCUT2D eigenvalue weighted by Crippen LogP contribution is 2.20. The minimum Gasteiger partial charge on any atom is -0.497 e. The van der Waals surface area contributed by atoms with Gasteiger partial charge in [0.2, 0.25) is 0 Å². The van der Waals surface area contributed by atoms with Crippen LogP contribution in [-0.4, -0.2) is 21.3 Å². The fraction of sp³-hybridized carbons (Fsp3) is 0.143. The number of rotatable bonds is 4. The Kier molecular flexibility index (Phi) is 6.35. The molecule has 0 saturated carbocycles. The van der Waals surface area contributed by atoms with Crippen molar-refractivity contribution in [1.29, 1.82) is 0 Å². The summed E-state index contributed by atoms with van der Waals surface area (Å²) < 4.78 is 118. The maximum atomic E-state index is 14.8. The molecule has 0 heterocycles. The van der Waals surface area contributed by atoms with E-state index in [1.165, 1.54) is 0 Å². The highest BCUT2D eigenvalue weighted by Gasteiger charge is 2.42. The second kappa shape index (κ2) is 8.52. The first kappa shape index (κ1) is 23.1. The third kappa shape index (κ3) is 3.90. The van der Waals surface area contributed by atoms with Gasteiger partial charge in [-0.2, -0.15) is 0 Å². The summed E-state index contributed by atoms with van der Waals surface area (Å²) in [6, 6.07) is 2.35. The van der Waals surface area contributed by atoms with Crippen LogP contribution >= 0.6 is 0 Å². The number of ether oxygens (including phenoxy) is 1. The Morgan fingerprint density at radius 2 is 0.903 bits per heavy atom. The van der Waals surface area contributed by atoms with E-state index in [-0.39, 0.29) is 5.75 Å². The Morgan fingerprint density at radius 3 is 1.26 bits per heavy atom. The molecule has 3 aromatic rings. The van der Waals surface area contributed by atoms with E-state index in [2.05, 4.69) is 0 Å². The van der Waals surface area contributed by atoms with Crippen molar-refractivity contribution in [2.45, 2.75) is 13.8 Å². The van der Waals surface area contributed by atoms with Crippen LogP contribution in [0.15, 0.2) is 24.3 Å². The van der Waals surface area contributed by atoms with Crippen LogP contribution in [0.3, 0.4) is 0 Å². The second-order valence-corrected chi connectivity index (χ2v) is 9.47. The summed E-state index contributed by atoms with van der Waals surface area (Å²) in [7, 11) is 1.09. The molecular formula is C21H13AlF8O. The SMILES string of the molecule is COc1cc(F)[c]([Al]([c]2c(F)cc(C)c(F)c2F)[c]2c(F)cc(C)c(F)c2F)c(F)c1. The number of hydrogen-bond donors (Lipinski definition) is 0. The van der Waals surface area contributed by atoms with Crippen LogP contribution in [-0.2, 0) is 0 Å². The Morgan fingerprint density at radius 1 is 0.548 bits per heavy atom. The summed E-state index contributed by atoms with van der Waals surface area (Å²) in [6.07, 6.45) is 0. The van der Waals surface area contributed by atoms with Gasteiger partial charge in [-0.05, 0) is 50.4 Å². The highest BCUT2D eigenvalue weighted by atomic mass is 27.2. The number of aryl methyl sites for hydroxylation is 2. The molecule has 0 aliphatic rings. The molecule has 1 nitrogen and oxygen atoms in total. The first-order chi connectivity index (χ1) is 14.5. The highest BCUT2D eigenvalue weighted by molar-refractivity contribution is 6.95. The minimum absolute atomic E-state index is 0.321. The monoisotopic (exact) mass is 460 g/mol. The van der Waals surface area contributed by atoms with Crippen LogP contribution in [0.25, 0.3) is 0 Å². The van der Waals surface area contributed by atoms with Gasteiger partial charge in [-0.3, -0.25) is 0 Å². The van der Waals surface area contributed by atoms with Gasteiger partial charge in [-0.1, -0.05) is 0 Å². The van der Waals surface area contributed by atoms with Crippen LogP contribution < -0.4 is 18.0 Å². The summed E-state index contributed by atoms with van der Waals surface area (Å²) in [6.45, 7) is 2.06. The topological polar surface area (TPSA) is 9.23 Å². The van der Waals surface area contributed by atoms with Crippen LogP contribution in [0.5, 0.6) is 5.75 Å². The zero-order valence-electron chi connectivity index (χ0n) is 16.3. The van der Waals surface area contributed by atoms with Crippen molar-refractivity contribution in [3.8, 4) is 5.75 Å². The molecule has 0 bridgehead atoms. The second-order valence-electron chi connectivity index (χ2n) is 6.87. The summed E-state index contributed by atoms with van der Waals surface area (Å²) >= 11 is -4.46. The molecule has 0 atom stereocenters. The lowest BCUT2D eigenvalue weighted by atomic mass is 10.2. The van der Waals surface area contributed by atoms with Gasteiger partial charge in [-0.25, -0.2) is 35.1 Å². The van der Waals surface area contributed by atoms with Gasteiger partial charge in [-0.15, -0.1) is 0 Å². The average Bonchev–Trinajstić information content (AvgIpc) is 2.69. The van der Waals surface area contributed by atoms with Crippen LogP contribution in [0.4, 0.5) is 35.1 Å². The summed E-state index contributed by atoms with van der Waals surface area (Å²) in [5.41, 5.74) is -0.948. The zero-order chi connectivity index (χ0) is 23.2. The van der Waals surface area contributed by atoms with Gasteiger partial charge < -0.3 is 4.74 Å². The molecular weight excluding hydrogens is 447 g/mol. The van der Waals surface area contributed by atoms with Crippen molar-refractivity contribution in [3.63, 3.8) is 0 Å². The lowest BCUT2D eigenvalue weighted by molar-refractivity contribution is 0.407. The van der Waals surface area contributed by atoms with E-state index in [1.807, 2.05) is 0 Å². The van der Waals surface area contributed by atoms with E-state index >= 15 is 0 Å². The first-order valence-electron chi connectivity index (χ1n) is 8.80. The molecule has 0 saturated heterocycles. The van der Waals surface area contributed by atoms with E-state index in [4.69, 9.17) is 4.74 Å². The summed E-state index contributed by atoms with van der Waals surface area (Å²) in [5, 5.41) is 0. The minimum atomic E-state index is -4.46. The van der Waals surface area contributed by atoms with E-state index < -0.39 is 85.1 Å². The average molecular weight is 460 g/mol. The molecule has 162 valence electrons. The summed E-state index contributed by atoms with van der Waals surface area (Å²) in [5.74, 6) is -13.0. The third-order valence-electron chi connectivity index (χ3n) is 4.91. The molecule has 31 heavy (non-hydrogen) atoms. The van der Waals surface area contributed by atoms with E-state index in [9.17, 15) is 35.1 Å². The van der Waals surface area contributed by atoms with Crippen molar-refractivity contribution in [3.05, 3.63) is 81.9 Å². The molecule has 0 unspecified atom stereocenters. The van der Waals surface area contributed by atoms with E-state index in [1.54, 1.807) is 0 Å². The lowest BCUT2D eigenvalue weighted by Crippen LogP contribution is -2.59. The molecule has 0 aromatic heterocycles. The molecule has 0 amide bonds. The quantitative estimate of drug-likeness (QED) is 0.326. The molecule has 0 N–H and O–H groups in total. The molecule has 0 aliphatic carbocycles. The van der Waals surface area contributed by atoms with Crippen LogP contribution in [0, 0.1) is 60.4 Å². The Hall–Kier alpha value is -2.57. The number of benzene rings is 3. The van der Waals surface area contributed by atoms with Crippen molar-refractivity contribution in [2.75, 3.05) is 7.11 Å². The number of methoxy groups -OCH3 is 1. The number of hydrogen-bond acceptors (Lipinski definition) is 1. The molecule has 3 aromatic carbocycles. The zero-order valence-corrected chi connectivity index (χ0v) is 17.5. The normalized spacial score (nSPS) is 11.1. The fourth-order valence-electron chi connectivity index (χ4n) is 3.37. The molecule has 0 fully saturated rings. The standard InChI is InChI=1S/2C7H4F3.C7H5F2O.Al/c2*1-4-2-5(8)3-6(9)7(4)10;1-10-7-3-5(8)2-6(9)4-7;/h2*2H,1H3;3-4H,1H3;. The molecule has 0 spiro atoms. The maximum Gasteiger partial charge on any atom is 0.412 e. The Balaban J connectivity index is 2.51. The smallest absolute Gasteiger partial charge is 0.412 e. The van der Waals surface area contributed by atoms with E-state index in [0.717, 1.165) is 21.0 Å². The lowest BCUT2D eigenvalue weighted by Gasteiger charge is -2.20. The van der Waals surface area contributed by atoms with Crippen LogP contribution in [0.1, 0.15) is 11.1 Å². The van der Waals surface area contributed by atoms with Crippen LogP contribution in [0.2, 0.25) is 0 Å². The summed E-state index contributed by atoms with van der Waals surface area (Å²) in [4.78, 5) is 0. The number of halogens is 8. The predicted molar refractivity (Wildman–Crippen MR) is 99.7 cm³/mol. The largest absolute Gasteiger partial charge is 0.497 e. The predicted octanol–water partition coefficient (Wildman–Crippen LogP) is 3.94. The van der Waals surface area contributed by atoms with Crippen molar-refractivity contribution in [2.24, 2.45) is 0 Å². The maximum absolute atomic E-state index is 14.8. The molecule has 3 rings (SSSR count). The fourth-order valence-corrected chi connectivity index (χ4v) is 6.43. The molecule has 0 radical (unpaired) electrons. The molecule has 10 heteroatoms. The Labute approximate surface area is 176 Å². The van der Waals surface area contributed by atoms with Gasteiger partial charge in [0.05, 0.1) is 7.11 Å². The van der Waals surface area contributed by atoms with Crippen molar-refractivity contribution in [1.82, 2.24) is 0 Å². The Bertz CT molecular complexity index is 1110. The first-order valence-corrected chi connectivity index (χ1v) is 10.5. The van der Waals surface area contributed by atoms with Gasteiger partial charge in [0.15, 0.2) is 11.6 Å². The van der Waals surface area contributed by atoms with Gasteiger partial charge >= 0.3 is 14.1 Å². The van der Waals surface area contributed by atoms with Gasteiger partial charge in [0.25, 0.3) is 0 Å². The van der Waals surface area contributed by atoms with Gasteiger partial charge in [0, 0.05) is 12.1 Å².